The van der Waals surface area contributed by atoms with E-state index in [1.165, 1.54) is 0 Å². The Hall–Kier alpha value is -3.55. The van der Waals surface area contributed by atoms with Crippen molar-refractivity contribution >= 4 is 23.6 Å². The van der Waals surface area contributed by atoms with Crippen LogP contribution in [0.5, 0.6) is 5.75 Å². The lowest BCUT2D eigenvalue weighted by Crippen LogP contribution is -2.56. The van der Waals surface area contributed by atoms with Gasteiger partial charge in [-0.2, -0.15) is 0 Å². The second-order valence-corrected chi connectivity index (χ2v) is 10.9. The van der Waals surface area contributed by atoms with Crippen LogP contribution >= 0.6 is 0 Å². The minimum Gasteiger partial charge on any atom is -0.497 e. The van der Waals surface area contributed by atoms with E-state index in [4.69, 9.17) is 9.47 Å². The average Bonchev–Trinajstić information content (AvgIpc) is 2.84. The molecule has 0 saturated carbocycles. The molecule has 38 heavy (non-hydrogen) atoms. The van der Waals surface area contributed by atoms with Gasteiger partial charge in [-0.3, -0.25) is 9.59 Å². The molecular weight excluding hydrogens is 482 g/mol. The Bertz CT molecular complexity index is 1070. The van der Waals surface area contributed by atoms with E-state index in [2.05, 4.69) is 10.6 Å². The number of amides is 3. The van der Waals surface area contributed by atoms with Gasteiger partial charge in [0.25, 0.3) is 5.91 Å². The molecule has 3 atom stereocenters. The van der Waals surface area contributed by atoms with E-state index in [-0.39, 0.29) is 23.8 Å². The number of benzene rings is 2. The molecule has 0 aliphatic carbocycles. The molecule has 2 aromatic carbocycles. The lowest BCUT2D eigenvalue weighted by molar-refractivity contribution is -0.144. The lowest BCUT2D eigenvalue weighted by atomic mass is 9.96. The number of hydrogen-bond acceptors (Lipinski definition) is 5. The molecule has 2 rings (SSSR count). The van der Waals surface area contributed by atoms with Crippen molar-refractivity contribution in [3.8, 4) is 5.75 Å². The molecule has 3 amide bonds. The van der Waals surface area contributed by atoms with Gasteiger partial charge in [0.1, 0.15) is 23.4 Å². The Morgan fingerprint density at radius 3 is 2.00 bits per heavy atom. The molecule has 0 fully saturated rings. The minimum absolute atomic E-state index is 0.245. The molecule has 0 saturated heterocycles. The summed E-state index contributed by atoms with van der Waals surface area (Å²) in [6.45, 7) is 14.8. The standard InChI is InChI=1S/C30H43N3O5/c1-10-21(5)33(28(35)25(19(2)3)32-29(36)38-30(6,7)8)26(22-13-11-20(4)12-14-22)27(34)31-23-15-17-24(37-9)18-16-23/h11-19,21,25-26H,10H2,1-9H3,(H,31,34)(H,32,36). The molecule has 8 heteroatoms. The van der Waals surface area contributed by atoms with Gasteiger partial charge in [0.15, 0.2) is 0 Å². The van der Waals surface area contributed by atoms with Gasteiger partial charge >= 0.3 is 6.09 Å². The molecule has 0 bridgehead atoms. The number of nitrogens with one attached hydrogen (secondary N) is 2. The van der Waals surface area contributed by atoms with Crippen LogP contribution in [0.25, 0.3) is 0 Å². The third-order valence-electron chi connectivity index (χ3n) is 6.20. The quantitative estimate of drug-likeness (QED) is 0.405. The number of anilines is 1. The maximum atomic E-state index is 14.2. The monoisotopic (exact) mass is 525 g/mol. The summed E-state index contributed by atoms with van der Waals surface area (Å²) >= 11 is 0. The van der Waals surface area contributed by atoms with Gasteiger partial charge in [-0.1, -0.05) is 50.6 Å². The minimum atomic E-state index is -0.929. The van der Waals surface area contributed by atoms with E-state index in [1.54, 1.807) is 57.0 Å². The molecule has 0 spiro atoms. The predicted octanol–water partition coefficient (Wildman–Crippen LogP) is 5.86. The van der Waals surface area contributed by atoms with E-state index in [9.17, 15) is 14.4 Å². The number of rotatable bonds is 10. The van der Waals surface area contributed by atoms with E-state index in [1.807, 2.05) is 58.9 Å². The Labute approximate surface area is 227 Å². The summed E-state index contributed by atoms with van der Waals surface area (Å²) in [5, 5.41) is 5.71. The molecule has 2 aromatic rings. The molecule has 8 nitrogen and oxygen atoms in total. The fraction of sp³-hybridized carbons (Fsp3) is 0.500. The maximum Gasteiger partial charge on any atom is 0.408 e. The zero-order valence-corrected chi connectivity index (χ0v) is 24.1. The van der Waals surface area contributed by atoms with Crippen molar-refractivity contribution in [2.45, 2.75) is 85.5 Å². The first kappa shape index (κ1) is 30.7. The van der Waals surface area contributed by atoms with Crippen molar-refractivity contribution < 1.29 is 23.9 Å². The second-order valence-electron chi connectivity index (χ2n) is 10.9. The highest BCUT2D eigenvalue weighted by Crippen LogP contribution is 2.29. The van der Waals surface area contributed by atoms with Crippen molar-refractivity contribution in [1.82, 2.24) is 10.2 Å². The molecule has 2 N–H and O–H groups in total. The highest BCUT2D eigenvalue weighted by atomic mass is 16.6. The summed E-state index contributed by atoms with van der Waals surface area (Å²) in [7, 11) is 1.58. The number of aryl methyl sites for hydroxylation is 1. The van der Waals surface area contributed by atoms with Crippen LogP contribution in [-0.4, -0.2) is 47.6 Å². The summed E-state index contributed by atoms with van der Waals surface area (Å²) in [4.78, 5) is 42.3. The van der Waals surface area contributed by atoms with E-state index in [0.717, 1.165) is 5.56 Å². The molecule has 0 aliphatic rings. The van der Waals surface area contributed by atoms with E-state index < -0.39 is 23.8 Å². The number of carbonyl (C=O) groups is 3. The summed E-state index contributed by atoms with van der Waals surface area (Å²) in [5.74, 6) is -0.282. The fourth-order valence-corrected chi connectivity index (χ4v) is 3.98. The summed E-state index contributed by atoms with van der Waals surface area (Å²) in [6.07, 6.45) is -0.0653. The zero-order chi connectivity index (χ0) is 28.6. The van der Waals surface area contributed by atoms with Crippen molar-refractivity contribution in [3.63, 3.8) is 0 Å². The molecule has 0 radical (unpaired) electrons. The number of alkyl carbamates (subject to hydrolysis) is 1. The number of hydrogen-bond donors (Lipinski definition) is 2. The molecule has 0 aliphatic heterocycles. The Morgan fingerprint density at radius 2 is 1.53 bits per heavy atom. The van der Waals surface area contributed by atoms with Crippen molar-refractivity contribution in [2.24, 2.45) is 5.92 Å². The highest BCUT2D eigenvalue weighted by molar-refractivity contribution is 5.99. The number of carbonyl (C=O) groups excluding carboxylic acids is 3. The van der Waals surface area contributed by atoms with Crippen molar-refractivity contribution in [2.75, 3.05) is 12.4 Å². The average molecular weight is 526 g/mol. The Balaban J connectivity index is 2.52. The summed E-state index contributed by atoms with van der Waals surface area (Å²) < 4.78 is 10.6. The molecule has 208 valence electrons. The first-order chi connectivity index (χ1) is 17.8. The third kappa shape index (κ3) is 8.50. The van der Waals surface area contributed by atoms with Crippen LogP contribution in [0.4, 0.5) is 10.5 Å². The van der Waals surface area contributed by atoms with Crippen LogP contribution in [0, 0.1) is 12.8 Å². The van der Waals surface area contributed by atoms with Crippen LogP contribution < -0.4 is 15.4 Å². The second kappa shape index (κ2) is 13.3. The van der Waals surface area contributed by atoms with Crippen molar-refractivity contribution in [3.05, 3.63) is 59.7 Å². The largest absolute Gasteiger partial charge is 0.497 e. The Morgan fingerprint density at radius 1 is 0.947 bits per heavy atom. The summed E-state index contributed by atoms with van der Waals surface area (Å²) in [5.41, 5.74) is 1.58. The van der Waals surface area contributed by atoms with Gasteiger partial charge in [0.05, 0.1) is 7.11 Å². The highest BCUT2D eigenvalue weighted by Gasteiger charge is 2.39. The van der Waals surface area contributed by atoms with Gasteiger partial charge in [-0.05, 0) is 76.8 Å². The molecule has 0 aromatic heterocycles. The number of ether oxygens (including phenoxy) is 2. The third-order valence-corrected chi connectivity index (χ3v) is 6.20. The molecule has 3 unspecified atom stereocenters. The van der Waals surface area contributed by atoms with Crippen LogP contribution in [0.2, 0.25) is 0 Å². The normalized spacial score (nSPS) is 13.7. The van der Waals surface area contributed by atoms with Gasteiger partial charge in [-0.25, -0.2) is 4.79 Å². The first-order valence-corrected chi connectivity index (χ1v) is 13.1. The number of nitrogens with zero attached hydrogens (tertiary/aromatic N) is 1. The zero-order valence-electron chi connectivity index (χ0n) is 24.1. The van der Waals surface area contributed by atoms with Gasteiger partial charge in [0.2, 0.25) is 5.91 Å². The molecular formula is C30H43N3O5. The smallest absolute Gasteiger partial charge is 0.408 e. The Kier molecular flexibility index (Phi) is 10.7. The van der Waals surface area contributed by atoms with Crippen molar-refractivity contribution in [1.29, 1.82) is 0 Å². The van der Waals surface area contributed by atoms with E-state index >= 15 is 0 Å². The van der Waals surface area contributed by atoms with Gasteiger partial charge in [-0.15, -0.1) is 0 Å². The van der Waals surface area contributed by atoms with Gasteiger partial charge in [0, 0.05) is 11.7 Å². The van der Waals surface area contributed by atoms with Crippen LogP contribution in [0.3, 0.4) is 0 Å². The van der Waals surface area contributed by atoms with Crippen LogP contribution in [0.1, 0.15) is 72.1 Å². The maximum absolute atomic E-state index is 14.2. The van der Waals surface area contributed by atoms with Crippen LogP contribution in [0.15, 0.2) is 48.5 Å². The predicted molar refractivity (Wildman–Crippen MR) is 150 cm³/mol. The summed E-state index contributed by atoms with van der Waals surface area (Å²) in [6, 6.07) is 12.5. The first-order valence-electron chi connectivity index (χ1n) is 13.1. The molecule has 0 heterocycles. The topological polar surface area (TPSA) is 97.0 Å². The lowest BCUT2D eigenvalue weighted by Gasteiger charge is -2.39. The van der Waals surface area contributed by atoms with Gasteiger partial charge < -0.3 is 25.0 Å². The fourth-order valence-electron chi connectivity index (χ4n) is 3.98. The van der Waals surface area contributed by atoms with Crippen LogP contribution in [-0.2, 0) is 14.3 Å². The number of methoxy groups -OCH3 is 1. The SMILES string of the molecule is CCC(C)N(C(=O)C(NC(=O)OC(C)(C)C)C(C)C)C(C(=O)Nc1ccc(OC)cc1)c1ccc(C)cc1. The van der Waals surface area contributed by atoms with E-state index in [0.29, 0.717) is 23.4 Å².